The maximum Gasteiger partial charge on any atom is 0.0964 e. The minimum atomic E-state index is 0.597. The van der Waals surface area contributed by atoms with Gasteiger partial charge in [0.2, 0.25) is 0 Å². The van der Waals surface area contributed by atoms with Crippen LogP contribution in [0.3, 0.4) is 0 Å². The first-order valence-corrected chi connectivity index (χ1v) is 6.93. The van der Waals surface area contributed by atoms with Gasteiger partial charge in [-0.3, -0.25) is 0 Å². The molecule has 1 aromatic carbocycles. The number of benzene rings is 1. The van der Waals surface area contributed by atoms with Gasteiger partial charge in [0.25, 0.3) is 0 Å². The van der Waals surface area contributed by atoms with Gasteiger partial charge in [0.15, 0.2) is 0 Å². The minimum absolute atomic E-state index is 0.597. The summed E-state index contributed by atoms with van der Waals surface area (Å²) in [5.41, 5.74) is 2.09. The lowest BCUT2D eigenvalue weighted by atomic mass is 10.2. The lowest BCUT2D eigenvalue weighted by Crippen LogP contribution is -2.07. The lowest BCUT2D eigenvalue weighted by molar-refractivity contribution is 0.110. The number of aromatic nitrogens is 3. The molecule has 0 bridgehead atoms. The molecule has 1 N–H and O–H groups in total. The van der Waals surface area contributed by atoms with E-state index in [0.717, 1.165) is 22.3 Å². The van der Waals surface area contributed by atoms with Crippen LogP contribution in [0, 0.1) is 0 Å². The Labute approximate surface area is 121 Å². The largest absolute Gasteiger partial charge is 0.375 e. The van der Waals surface area contributed by atoms with Gasteiger partial charge in [-0.25, -0.2) is 4.68 Å². The average molecular weight is 325 g/mol. The molecular formula is C13H17BrN4O. The monoisotopic (exact) mass is 324 g/mol. The van der Waals surface area contributed by atoms with Gasteiger partial charge >= 0.3 is 0 Å². The molecule has 0 atom stereocenters. The summed E-state index contributed by atoms with van der Waals surface area (Å²) in [7, 11) is 1.89. The molecule has 0 radical (unpaired) electrons. The van der Waals surface area contributed by atoms with Gasteiger partial charge in [-0.15, -0.1) is 5.10 Å². The fourth-order valence-corrected chi connectivity index (χ4v) is 2.06. The summed E-state index contributed by atoms with van der Waals surface area (Å²) in [5, 5.41) is 11.1. The molecule has 6 heteroatoms. The molecule has 0 aliphatic carbocycles. The molecule has 5 nitrogen and oxygen atoms in total. The van der Waals surface area contributed by atoms with E-state index in [1.807, 2.05) is 37.5 Å². The van der Waals surface area contributed by atoms with E-state index in [2.05, 4.69) is 31.6 Å². The highest BCUT2D eigenvalue weighted by molar-refractivity contribution is 9.10. The number of hydrogen-bond acceptors (Lipinski definition) is 4. The maximum atomic E-state index is 5.64. The number of hydrogen-bond donors (Lipinski definition) is 1. The zero-order valence-corrected chi connectivity index (χ0v) is 12.4. The predicted molar refractivity (Wildman–Crippen MR) is 76.6 cm³/mol. The van der Waals surface area contributed by atoms with E-state index in [1.54, 1.807) is 4.68 Å². The van der Waals surface area contributed by atoms with Crippen molar-refractivity contribution in [2.75, 3.05) is 13.7 Å². The molecule has 2 rings (SSSR count). The maximum absolute atomic E-state index is 5.64. The van der Waals surface area contributed by atoms with Crippen molar-refractivity contribution in [2.24, 2.45) is 0 Å². The molecule has 0 amide bonds. The van der Waals surface area contributed by atoms with Gasteiger partial charge in [-0.05, 0) is 18.7 Å². The van der Waals surface area contributed by atoms with E-state index in [-0.39, 0.29) is 0 Å². The third kappa shape index (κ3) is 4.41. The van der Waals surface area contributed by atoms with Crippen molar-refractivity contribution in [1.29, 1.82) is 0 Å². The number of rotatable bonds is 7. The molecule has 0 unspecified atom stereocenters. The van der Waals surface area contributed by atoms with E-state index in [4.69, 9.17) is 4.74 Å². The van der Waals surface area contributed by atoms with Crippen molar-refractivity contribution in [3.05, 3.63) is 46.2 Å². The highest BCUT2D eigenvalue weighted by Crippen LogP contribution is 2.16. The van der Waals surface area contributed by atoms with Crippen molar-refractivity contribution in [2.45, 2.75) is 19.7 Å². The third-order valence-corrected chi connectivity index (χ3v) is 3.40. The van der Waals surface area contributed by atoms with E-state index in [0.29, 0.717) is 19.8 Å². The van der Waals surface area contributed by atoms with Gasteiger partial charge in [0.05, 0.1) is 25.5 Å². The summed E-state index contributed by atoms with van der Waals surface area (Å²) >= 11 is 3.50. The first-order valence-electron chi connectivity index (χ1n) is 6.14. The predicted octanol–water partition coefficient (Wildman–Crippen LogP) is 1.98. The zero-order chi connectivity index (χ0) is 13.5. The molecule has 2 aromatic rings. The molecule has 0 aliphatic heterocycles. The minimum Gasteiger partial charge on any atom is -0.375 e. The second-order valence-electron chi connectivity index (χ2n) is 4.15. The first kappa shape index (κ1) is 14.2. The number of halogens is 1. The summed E-state index contributed by atoms with van der Waals surface area (Å²) in [5.74, 6) is 0. The summed E-state index contributed by atoms with van der Waals surface area (Å²) in [6.07, 6.45) is 1.93. The van der Waals surface area contributed by atoms with Crippen LogP contribution in [0.1, 0.15) is 11.3 Å². The molecule has 1 aromatic heterocycles. The lowest BCUT2D eigenvalue weighted by Gasteiger charge is -2.06. The third-order valence-electron chi connectivity index (χ3n) is 2.62. The summed E-state index contributed by atoms with van der Waals surface area (Å²) < 4.78 is 8.51. The molecule has 0 fully saturated rings. The number of nitrogens with one attached hydrogen (secondary N) is 1. The van der Waals surface area contributed by atoms with Crippen LogP contribution in [-0.4, -0.2) is 28.6 Å². The van der Waals surface area contributed by atoms with Gasteiger partial charge in [0, 0.05) is 17.2 Å². The van der Waals surface area contributed by atoms with Gasteiger partial charge in [-0.2, -0.15) is 0 Å². The Kier molecular flexibility index (Phi) is 5.50. The molecule has 1 heterocycles. The van der Waals surface area contributed by atoms with Crippen molar-refractivity contribution in [3.63, 3.8) is 0 Å². The standard InChI is InChI=1S/C13H17BrN4O/c1-15-8-12-9-18(17-16-12)6-7-19-10-11-4-2-3-5-13(11)14/h2-5,9,15H,6-8,10H2,1H3. The summed E-state index contributed by atoms with van der Waals surface area (Å²) in [4.78, 5) is 0. The quantitative estimate of drug-likeness (QED) is 0.791. The van der Waals surface area contributed by atoms with Crippen LogP contribution in [-0.2, 0) is 24.4 Å². The Hall–Kier alpha value is -1.24. The molecule has 102 valence electrons. The Morgan fingerprint density at radius 3 is 3.00 bits per heavy atom. The van der Waals surface area contributed by atoms with Crippen LogP contribution in [0.15, 0.2) is 34.9 Å². The Bertz CT molecular complexity index is 515. The molecule has 0 spiro atoms. The van der Waals surface area contributed by atoms with Gasteiger partial charge < -0.3 is 10.1 Å². The van der Waals surface area contributed by atoms with Crippen molar-refractivity contribution >= 4 is 15.9 Å². The highest BCUT2D eigenvalue weighted by atomic mass is 79.9. The number of ether oxygens (including phenoxy) is 1. The van der Waals surface area contributed by atoms with Crippen LogP contribution < -0.4 is 5.32 Å². The smallest absolute Gasteiger partial charge is 0.0964 e. The van der Waals surface area contributed by atoms with Crippen LogP contribution in [0.5, 0.6) is 0 Å². The van der Waals surface area contributed by atoms with Gasteiger partial charge in [-0.1, -0.05) is 39.3 Å². The van der Waals surface area contributed by atoms with Gasteiger partial charge in [0.1, 0.15) is 0 Å². The van der Waals surface area contributed by atoms with Crippen LogP contribution in [0.25, 0.3) is 0 Å². The van der Waals surface area contributed by atoms with E-state index in [9.17, 15) is 0 Å². The van der Waals surface area contributed by atoms with Crippen molar-refractivity contribution in [1.82, 2.24) is 20.3 Å². The normalized spacial score (nSPS) is 10.8. The zero-order valence-electron chi connectivity index (χ0n) is 10.8. The fourth-order valence-electron chi connectivity index (χ4n) is 1.67. The molecule has 0 saturated heterocycles. The van der Waals surface area contributed by atoms with E-state index >= 15 is 0 Å². The SMILES string of the molecule is CNCc1cn(CCOCc2ccccc2Br)nn1. The van der Waals surface area contributed by atoms with Crippen LogP contribution in [0.2, 0.25) is 0 Å². The van der Waals surface area contributed by atoms with Crippen molar-refractivity contribution < 1.29 is 4.74 Å². The molecule has 0 aliphatic rings. The Morgan fingerprint density at radius 1 is 1.37 bits per heavy atom. The second kappa shape index (κ2) is 7.37. The molecule has 0 saturated carbocycles. The Morgan fingerprint density at radius 2 is 2.21 bits per heavy atom. The first-order chi connectivity index (χ1) is 9.29. The highest BCUT2D eigenvalue weighted by Gasteiger charge is 2.01. The van der Waals surface area contributed by atoms with E-state index < -0.39 is 0 Å². The van der Waals surface area contributed by atoms with Crippen LogP contribution >= 0.6 is 15.9 Å². The van der Waals surface area contributed by atoms with Crippen molar-refractivity contribution in [3.8, 4) is 0 Å². The Balaban J connectivity index is 1.73. The topological polar surface area (TPSA) is 52.0 Å². The molecular weight excluding hydrogens is 308 g/mol. The summed E-state index contributed by atoms with van der Waals surface area (Å²) in [6.45, 7) is 2.65. The molecule has 19 heavy (non-hydrogen) atoms. The average Bonchev–Trinajstić information content (AvgIpc) is 2.85. The fraction of sp³-hybridized carbons (Fsp3) is 0.385. The number of nitrogens with zero attached hydrogens (tertiary/aromatic N) is 3. The summed E-state index contributed by atoms with van der Waals surface area (Å²) in [6, 6.07) is 8.06. The van der Waals surface area contributed by atoms with E-state index in [1.165, 1.54) is 0 Å². The second-order valence-corrected chi connectivity index (χ2v) is 5.00. The van der Waals surface area contributed by atoms with Crippen LogP contribution in [0.4, 0.5) is 0 Å².